The molecule has 0 amide bonds. The standard InChI is InChI=1S/C15H16N2O2/c1-9(2)12-8-11(4-5-14(12)18)19-15-6-3-10(16)7-13(15)17/h3-8,18H,1,16-17H2,2H3. The van der Waals surface area contributed by atoms with Crippen molar-refractivity contribution in [2.24, 2.45) is 0 Å². The number of hydrogen-bond donors (Lipinski definition) is 3. The third-order valence-electron chi connectivity index (χ3n) is 2.69. The second-order valence-electron chi connectivity index (χ2n) is 4.36. The molecule has 0 fully saturated rings. The fourth-order valence-corrected chi connectivity index (χ4v) is 1.71. The van der Waals surface area contributed by atoms with Gasteiger partial charge in [-0.2, -0.15) is 0 Å². The van der Waals surface area contributed by atoms with Crippen molar-refractivity contribution < 1.29 is 9.84 Å². The van der Waals surface area contributed by atoms with Crippen molar-refractivity contribution in [1.82, 2.24) is 0 Å². The molecule has 0 aliphatic heterocycles. The van der Waals surface area contributed by atoms with Crippen molar-refractivity contribution in [3.8, 4) is 17.2 Å². The van der Waals surface area contributed by atoms with E-state index in [0.717, 1.165) is 5.57 Å². The van der Waals surface area contributed by atoms with Crippen LogP contribution in [-0.4, -0.2) is 5.11 Å². The highest BCUT2D eigenvalue weighted by Gasteiger charge is 2.07. The molecule has 4 heteroatoms. The average Bonchev–Trinajstić information content (AvgIpc) is 2.34. The number of phenols is 1. The number of nitrogens with two attached hydrogens (primary N) is 2. The summed E-state index contributed by atoms with van der Waals surface area (Å²) in [5, 5.41) is 9.70. The largest absolute Gasteiger partial charge is 0.507 e. The Kier molecular flexibility index (Phi) is 3.33. The first-order valence-electron chi connectivity index (χ1n) is 5.79. The number of phenolic OH excluding ortho intramolecular Hbond substituents is 1. The molecule has 0 spiro atoms. The van der Waals surface area contributed by atoms with Gasteiger partial charge in [0.1, 0.15) is 17.2 Å². The number of rotatable bonds is 3. The van der Waals surface area contributed by atoms with Gasteiger partial charge < -0.3 is 21.3 Å². The van der Waals surface area contributed by atoms with E-state index in [1.165, 1.54) is 0 Å². The van der Waals surface area contributed by atoms with Crippen LogP contribution in [0.2, 0.25) is 0 Å². The maximum Gasteiger partial charge on any atom is 0.150 e. The van der Waals surface area contributed by atoms with E-state index >= 15 is 0 Å². The predicted octanol–water partition coefficient (Wildman–Crippen LogP) is 3.38. The van der Waals surface area contributed by atoms with Crippen LogP contribution in [0.3, 0.4) is 0 Å². The molecule has 0 radical (unpaired) electrons. The van der Waals surface area contributed by atoms with Crippen molar-refractivity contribution in [2.45, 2.75) is 6.92 Å². The molecule has 0 heterocycles. The molecule has 2 aromatic rings. The van der Waals surface area contributed by atoms with Gasteiger partial charge in [-0.3, -0.25) is 0 Å². The summed E-state index contributed by atoms with van der Waals surface area (Å²) in [5.41, 5.74) is 13.9. The number of allylic oxidation sites excluding steroid dienone is 1. The highest BCUT2D eigenvalue weighted by atomic mass is 16.5. The molecule has 0 atom stereocenters. The van der Waals surface area contributed by atoms with E-state index in [2.05, 4.69) is 6.58 Å². The van der Waals surface area contributed by atoms with Gasteiger partial charge in [-0.05, 0) is 48.9 Å². The van der Waals surface area contributed by atoms with Crippen LogP contribution >= 0.6 is 0 Å². The Morgan fingerprint density at radius 2 is 1.89 bits per heavy atom. The summed E-state index contributed by atoms with van der Waals surface area (Å²) in [6, 6.07) is 10.00. The number of hydrogen-bond acceptors (Lipinski definition) is 4. The second-order valence-corrected chi connectivity index (χ2v) is 4.36. The molecule has 2 rings (SSSR count). The summed E-state index contributed by atoms with van der Waals surface area (Å²) in [6.07, 6.45) is 0. The van der Waals surface area contributed by atoms with Crippen molar-refractivity contribution in [3.63, 3.8) is 0 Å². The van der Waals surface area contributed by atoms with Gasteiger partial charge >= 0.3 is 0 Å². The molecule has 98 valence electrons. The fraction of sp³-hybridized carbons (Fsp3) is 0.0667. The lowest BCUT2D eigenvalue weighted by atomic mass is 10.1. The van der Waals surface area contributed by atoms with E-state index in [9.17, 15) is 5.11 Å². The summed E-state index contributed by atoms with van der Waals surface area (Å²) < 4.78 is 5.68. The molecule has 0 aliphatic carbocycles. The van der Waals surface area contributed by atoms with Gasteiger partial charge in [-0.1, -0.05) is 6.58 Å². The molecule has 0 saturated heterocycles. The maximum atomic E-state index is 9.70. The quantitative estimate of drug-likeness (QED) is 0.735. The number of benzene rings is 2. The van der Waals surface area contributed by atoms with Gasteiger partial charge in [0.2, 0.25) is 0 Å². The normalized spacial score (nSPS) is 10.2. The van der Waals surface area contributed by atoms with Crippen molar-refractivity contribution in [2.75, 3.05) is 11.5 Å². The zero-order valence-corrected chi connectivity index (χ0v) is 10.7. The molecule has 0 bridgehead atoms. The molecule has 0 unspecified atom stereocenters. The van der Waals surface area contributed by atoms with Crippen molar-refractivity contribution >= 4 is 16.9 Å². The fourth-order valence-electron chi connectivity index (χ4n) is 1.71. The maximum absolute atomic E-state index is 9.70. The number of anilines is 2. The Bertz CT molecular complexity index is 636. The van der Waals surface area contributed by atoms with Crippen LogP contribution in [0.25, 0.3) is 5.57 Å². The number of nitrogen functional groups attached to an aromatic ring is 2. The van der Waals surface area contributed by atoms with E-state index < -0.39 is 0 Å². The number of aromatic hydroxyl groups is 1. The minimum Gasteiger partial charge on any atom is -0.507 e. The van der Waals surface area contributed by atoms with Crippen LogP contribution in [-0.2, 0) is 0 Å². The third-order valence-corrected chi connectivity index (χ3v) is 2.69. The SMILES string of the molecule is C=C(C)c1cc(Oc2ccc(N)cc2N)ccc1O. The molecular formula is C15H16N2O2. The predicted molar refractivity (Wildman–Crippen MR) is 78.2 cm³/mol. The van der Waals surface area contributed by atoms with Crippen molar-refractivity contribution in [3.05, 3.63) is 48.5 Å². The monoisotopic (exact) mass is 256 g/mol. The van der Waals surface area contributed by atoms with Gasteiger partial charge in [-0.15, -0.1) is 0 Å². The van der Waals surface area contributed by atoms with E-state index in [-0.39, 0.29) is 5.75 Å². The lowest BCUT2D eigenvalue weighted by Gasteiger charge is -2.11. The van der Waals surface area contributed by atoms with Crippen LogP contribution in [0, 0.1) is 0 Å². The highest BCUT2D eigenvalue weighted by molar-refractivity contribution is 5.69. The minimum atomic E-state index is 0.171. The van der Waals surface area contributed by atoms with Gasteiger partial charge in [0.25, 0.3) is 0 Å². The van der Waals surface area contributed by atoms with Crippen LogP contribution < -0.4 is 16.2 Å². The smallest absolute Gasteiger partial charge is 0.150 e. The Labute approximate surface area is 111 Å². The molecule has 5 N–H and O–H groups in total. The molecule has 0 aliphatic rings. The lowest BCUT2D eigenvalue weighted by molar-refractivity contribution is 0.463. The van der Waals surface area contributed by atoms with Crippen LogP contribution in [0.4, 0.5) is 11.4 Å². The summed E-state index contributed by atoms with van der Waals surface area (Å²) in [5.74, 6) is 1.27. The summed E-state index contributed by atoms with van der Waals surface area (Å²) in [4.78, 5) is 0. The van der Waals surface area contributed by atoms with Crippen LogP contribution in [0.5, 0.6) is 17.2 Å². The molecule has 0 saturated carbocycles. The zero-order valence-electron chi connectivity index (χ0n) is 10.7. The third kappa shape index (κ3) is 2.80. The Morgan fingerprint density at radius 3 is 2.53 bits per heavy atom. The second kappa shape index (κ2) is 4.94. The molecule has 0 aromatic heterocycles. The molecule has 19 heavy (non-hydrogen) atoms. The van der Waals surface area contributed by atoms with Gasteiger partial charge in [0.05, 0.1) is 5.69 Å². The summed E-state index contributed by atoms with van der Waals surface area (Å²) in [6.45, 7) is 5.62. The topological polar surface area (TPSA) is 81.5 Å². The Balaban J connectivity index is 2.33. The van der Waals surface area contributed by atoms with Crippen LogP contribution in [0.1, 0.15) is 12.5 Å². The molecule has 2 aromatic carbocycles. The Hall–Kier alpha value is -2.62. The highest BCUT2D eigenvalue weighted by Crippen LogP contribution is 2.33. The minimum absolute atomic E-state index is 0.171. The molecular weight excluding hydrogens is 240 g/mol. The van der Waals surface area contributed by atoms with E-state index in [0.29, 0.717) is 28.4 Å². The first kappa shape index (κ1) is 12.8. The average molecular weight is 256 g/mol. The zero-order chi connectivity index (χ0) is 14.0. The first-order chi connectivity index (χ1) is 8.97. The summed E-state index contributed by atoms with van der Waals surface area (Å²) in [7, 11) is 0. The van der Waals surface area contributed by atoms with Crippen molar-refractivity contribution in [1.29, 1.82) is 0 Å². The van der Waals surface area contributed by atoms with Gasteiger partial charge in [0, 0.05) is 11.3 Å². The summed E-state index contributed by atoms with van der Waals surface area (Å²) >= 11 is 0. The van der Waals surface area contributed by atoms with E-state index in [4.69, 9.17) is 16.2 Å². The first-order valence-corrected chi connectivity index (χ1v) is 5.79. The van der Waals surface area contributed by atoms with E-state index in [1.807, 2.05) is 6.92 Å². The Morgan fingerprint density at radius 1 is 1.16 bits per heavy atom. The lowest BCUT2D eigenvalue weighted by Crippen LogP contribution is -1.94. The van der Waals surface area contributed by atoms with Crippen LogP contribution in [0.15, 0.2) is 43.0 Å². The van der Waals surface area contributed by atoms with Gasteiger partial charge in [-0.25, -0.2) is 0 Å². The number of ether oxygens (including phenoxy) is 1. The molecule has 4 nitrogen and oxygen atoms in total. The van der Waals surface area contributed by atoms with E-state index in [1.54, 1.807) is 36.4 Å². The van der Waals surface area contributed by atoms with Gasteiger partial charge in [0.15, 0.2) is 0 Å².